The van der Waals surface area contributed by atoms with E-state index in [0.717, 1.165) is 0 Å². The number of fused-ring (bicyclic) bond motifs is 1. The Morgan fingerprint density at radius 1 is 1.00 bits per heavy atom. The van der Waals surface area contributed by atoms with Gasteiger partial charge in [-0.25, -0.2) is 0 Å². The van der Waals surface area contributed by atoms with Crippen LogP contribution in [0.5, 0.6) is 23.0 Å². The van der Waals surface area contributed by atoms with Crippen molar-refractivity contribution < 1.29 is 42.8 Å². The molecule has 1 unspecified atom stereocenters. The van der Waals surface area contributed by atoms with Gasteiger partial charge in [-0.2, -0.15) is 0 Å². The Hall–Kier alpha value is -4.18. The summed E-state index contributed by atoms with van der Waals surface area (Å²) in [7, 11) is 5.91. The van der Waals surface area contributed by atoms with Crippen molar-refractivity contribution in [3.8, 4) is 23.0 Å². The van der Waals surface area contributed by atoms with Crippen LogP contribution in [0.15, 0.2) is 52.1 Å². The van der Waals surface area contributed by atoms with Crippen molar-refractivity contribution in [3.05, 3.63) is 59.1 Å². The lowest BCUT2D eigenvalue weighted by Crippen LogP contribution is -2.34. The number of aliphatic hydroxyl groups excluding tert-OH is 1. The Balaban J connectivity index is 1.85. The van der Waals surface area contributed by atoms with E-state index in [2.05, 4.69) is 0 Å². The molecule has 1 amide bonds. The van der Waals surface area contributed by atoms with Gasteiger partial charge in [0.05, 0.1) is 52.8 Å². The summed E-state index contributed by atoms with van der Waals surface area (Å²) in [4.78, 5) is 28.5. The highest BCUT2D eigenvalue weighted by molar-refractivity contribution is 6.16. The topological polar surface area (TPSA) is 117 Å². The third kappa shape index (κ3) is 4.74. The molecule has 2 aromatic carbocycles. The highest BCUT2D eigenvalue weighted by Crippen LogP contribution is 2.46. The molecule has 2 heterocycles. The Bertz CT molecular complexity index is 1360. The first-order valence-corrected chi connectivity index (χ1v) is 12.0. The second-order valence-electron chi connectivity index (χ2n) is 8.86. The molecule has 0 radical (unpaired) electrons. The third-order valence-electron chi connectivity index (χ3n) is 6.29. The summed E-state index contributed by atoms with van der Waals surface area (Å²) in [5.74, 6) is -0.576. The van der Waals surface area contributed by atoms with Gasteiger partial charge in [0.1, 0.15) is 0 Å². The molecule has 1 aliphatic rings. The van der Waals surface area contributed by atoms with Gasteiger partial charge in [0.25, 0.3) is 5.91 Å². The molecule has 1 aliphatic heterocycles. The van der Waals surface area contributed by atoms with Gasteiger partial charge in [-0.1, -0.05) is 12.1 Å². The molecule has 0 bridgehead atoms. The van der Waals surface area contributed by atoms with E-state index in [-0.39, 0.29) is 30.6 Å². The lowest BCUT2D eigenvalue weighted by Gasteiger charge is -2.28. The summed E-state index contributed by atoms with van der Waals surface area (Å²) >= 11 is 0. The number of amides is 1. The number of benzene rings is 2. The van der Waals surface area contributed by atoms with Crippen LogP contribution < -0.4 is 18.9 Å². The third-order valence-corrected chi connectivity index (χ3v) is 6.29. The smallest absolute Gasteiger partial charge is 0.290 e. The number of Topliss-reactive ketones (excluding diaryl/α,β-unsaturated/α-hetero) is 1. The van der Waals surface area contributed by atoms with Gasteiger partial charge >= 0.3 is 0 Å². The van der Waals surface area contributed by atoms with Crippen LogP contribution in [0.2, 0.25) is 0 Å². The van der Waals surface area contributed by atoms with Gasteiger partial charge in [-0.3, -0.25) is 9.59 Å². The summed E-state index contributed by atoms with van der Waals surface area (Å²) < 4.78 is 33.3. The standard InChI is InChI=1S/C28H31NO9/c1-15(2)37-11-10-29-23(17-13-20(34-4)27(36-6)21(14-17)35-5)22(25(31)28(29)32)24(30)19-12-16-8-7-9-18(33-3)26(16)38-19/h7-9,12-15,23,31H,10-11H2,1-6H3. The summed E-state index contributed by atoms with van der Waals surface area (Å²) in [6.45, 7) is 4.07. The van der Waals surface area contributed by atoms with Crippen LogP contribution in [0.25, 0.3) is 11.0 Å². The number of aliphatic hydroxyl groups is 1. The molecule has 0 spiro atoms. The molecular formula is C28H31NO9. The summed E-state index contributed by atoms with van der Waals surface area (Å²) in [6, 6.07) is 9.13. The lowest BCUT2D eigenvalue weighted by atomic mass is 9.94. The van der Waals surface area contributed by atoms with Crippen LogP contribution in [-0.4, -0.2) is 69.4 Å². The van der Waals surface area contributed by atoms with Gasteiger partial charge in [-0.05, 0) is 43.7 Å². The van der Waals surface area contributed by atoms with E-state index in [1.165, 1.54) is 33.3 Å². The number of para-hydroxylation sites is 1. The largest absolute Gasteiger partial charge is 0.503 e. The molecule has 38 heavy (non-hydrogen) atoms. The monoisotopic (exact) mass is 525 g/mol. The number of ether oxygens (including phenoxy) is 5. The van der Waals surface area contributed by atoms with Gasteiger partial charge < -0.3 is 38.1 Å². The number of rotatable bonds is 11. The maximum Gasteiger partial charge on any atom is 0.290 e. The van der Waals surface area contributed by atoms with Crippen molar-refractivity contribution in [2.45, 2.75) is 26.0 Å². The molecule has 202 valence electrons. The highest BCUT2D eigenvalue weighted by atomic mass is 16.5. The second kappa shape index (κ2) is 11.1. The van der Waals surface area contributed by atoms with Crippen LogP contribution in [-0.2, 0) is 9.53 Å². The molecule has 0 fully saturated rings. The first kappa shape index (κ1) is 26.9. The number of methoxy groups -OCH3 is 4. The van der Waals surface area contributed by atoms with E-state index in [4.69, 9.17) is 28.1 Å². The van der Waals surface area contributed by atoms with E-state index in [1.807, 2.05) is 13.8 Å². The zero-order valence-corrected chi connectivity index (χ0v) is 22.2. The molecule has 0 saturated carbocycles. The minimum Gasteiger partial charge on any atom is -0.503 e. The van der Waals surface area contributed by atoms with E-state index in [1.54, 1.807) is 36.4 Å². The number of hydrogen-bond acceptors (Lipinski definition) is 9. The van der Waals surface area contributed by atoms with Crippen molar-refractivity contribution in [1.82, 2.24) is 4.90 Å². The van der Waals surface area contributed by atoms with Crippen LogP contribution >= 0.6 is 0 Å². The summed E-state index contributed by atoms with van der Waals surface area (Å²) in [5, 5.41) is 11.6. The number of hydrogen-bond donors (Lipinski definition) is 1. The molecule has 0 aliphatic carbocycles. The zero-order chi connectivity index (χ0) is 27.6. The molecule has 3 aromatic rings. The number of ketones is 1. The van der Waals surface area contributed by atoms with Gasteiger partial charge in [-0.15, -0.1) is 0 Å². The Morgan fingerprint density at radius 3 is 2.24 bits per heavy atom. The van der Waals surface area contributed by atoms with Crippen molar-refractivity contribution in [2.24, 2.45) is 0 Å². The number of carbonyl (C=O) groups is 2. The van der Waals surface area contributed by atoms with Crippen LogP contribution in [0.3, 0.4) is 0 Å². The first-order chi connectivity index (χ1) is 18.2. The number of furan rings is 1. The molecule has 1 N–H and O–H groups in total. The molecular weight excluding hydrogens is 494 g/mol. The Labute approximate surface area is 220 Å². The highest BCUT2D eigenvalue weighted by Gasteiger charge is 2.45. The molecule has 0 saturated heterocycles. The van der Waals surface area contributed by atoms with Crippen LogP contribution in [0.1, 0.15) is 36.0 Å². The first-order valence-electron chi connectivity index (χ1n) is 12.0. The maximum absolute atomic E-state index is 13.9. The summed E-state index contributed by atoms with van der Waals surface area (Å²) in [6.07, 6.45) is -0.0690. The Kier molecular flexibility index (Phi) is 7.82. The Morgan fingerprint density at radius 2 is 1.66 bits per heavy atom. The van der Waals surface area contributed by atoms with Gasteiger partial charge in [0, 0.05) is 11.9 Å². The average molecular weight is 526 g/mol. The molecule has 1 aromatic heterocycles. The van der Waals surface area contributed by atoms with Gasteiger partial charge in [0.15, 0.2) is 34.4 Å². The predicted molar refractivity (Wildman–Crippen MR) is 138 cm³/mol. The van der Waals surface area contributed by atoms with Gasteiger partial charge in [0.2, 0.25) is 11.5 Å². The minimum atomic E-state index is -0.977. The van der Waals surface area contributed by atoms with E-state index >= 15 is 0 Å². The minimum absolute atomic E-state index is 0.0448. The number of nitrogens with zero attached hydrogens (tertiary/aromatic N) is 1. The molecule has 1 atom stereocenters. The van der Waals surface area contributed by atoms with Crippen molar-refractivity contribution >= 4 is 22.7 Å². The second-order valence-corrected chi connectivity index (χ2v) is 8.86. The van der Waals surface area contributed by atoms with Crippen molar-refractivity contribution in [1.29, 1.82) is 0 Å². The van der Waals surface area contributed by atoms with E-state index in [9.17, 15) is 14.7 Å². The lowest BCUT2D eigenvalue weighted by molar-refractivity contribution is -0.130. The predicted octanol–water partition coefficient (Wildman–Crippen LogP) is 4.47. The molecule has 10 heteroatoms. The normalized spacial score (nSPS) is 15.5. The van der Waals surface area contributed by atoms with Crippen LogP contribution in [0.4, 0.5) is 0 Å². The average Bonchev–Trinajstić information content (AvgIpc) is 3.46. The van der Waals surface area contributed by atoms with E-state index in [0.29, 0.717) is 39.5 Å². The molecule has 4 rings (SSSR count). The fraction of sp³-hybridized carbons (Fsp3) is 0.357. The fourth-order valence-corrected chi connectivity index (χ4v) is 4.55. The van der Waals surface area contributed by atoms with E-state index < -0.39 is 23.5 Å². The fourth-order valence-electron chi connectivity index (χ4n) is 4.55. The van der Waals surface area contributed by atoms with Crippen molar-refractivity contribution in [2.75, 3.05) is 41.6 Å². The zero-order valence-electron chi connectivity index (χ0n) is 22.2. The maximum atomic E-state index is 13.9. The van der Waals surface area contributed by atoms with Crippen molar-refractivity contribution in [3.63, 3.8) is 0 Å². The molecule has 10 nitrogen and oxygen atoms in total. The quantitative estimate of drug-likeness (QED) is 0.362. The van der Waals surface area contributed by atoms with Crippen LogP contribution in [0, 0.1) is 0 Å². The number of carbonyl (C=O) groups excluding carboxylic acids is 2. The SMILES string of the molecule is COc1cc(C2C(C(=O)c3cc4cccc(OC)c4o3)=C(O)C(=O)N2CCOC(C)C)cc(OC)c1OC. The summed E-state index contributed by atoms with van der Waals surface area (Å²) in [5.41, 5.74) is 0.722.